The van der Waals surface area contributed by atoms with Crippen molar-refractivity contribution in [3.63, 3.8) is 0 Å². The molecule has 0 bridgehead atoms. The molecule has 0 saturated heterocycles. The summed E-state index contributed by atoms with van der Waals surface area (Å²) in [4.78, 5) is 17.2. The van der Waals surface area contributed by atoms with Crippen molar-refractivity contribution in [1.82, 2.24) is 24.3 Å². The summed E-state index contributed by atoms with van der Waals surface area (Å²) in [5.41, 5.74) is 12.1. The Balaban J connectivity index is 0.00000137. The lowest BCUT2D eigenvalue weighted by molar-refractivity contribution is 0.386. The number of benzene rings is 1. The minimum atomic E-state index is -1.44. The lowest BCUT2D eigenvalue weighted by Crippen LogP contribution is -2.08. The quantitative estimate of drug-likeness (QED) is 0.280. The number of nitrogen functional groups attached to an aromatic ring is 1. The van der Waals surface area contributed by atoms with Gasteiger partial charge in [-0.2, -0.15) is 0 Å². The minimum absolute atomic E-state index is 0.277. The van der Waals surface area contributed by atoms with Gasteiger partial charge in [0.2, 0.25) is 0 Å². The van der Waals surface area contributed by atoms with Crippen molar-refractivity contribution in [3.8, 4) is 0 Å². The molecule has 4 heterocycles. The number of hydrogen-bond donors (Lipinski definition) is 2. The van der Waals surface area contributed by atoms with E-state index in [-0.39, 0.29) is 5.69 Å². The lowest BCUT2D eigenvalue weighted by Gasteiger charge is -2.15. The van der Waals surface area contributed by atoms with Gasteiger partial charge >= 0.3 is 0 Å². The zero-order valence-corrected chi connectivity index (χ0v) is 21.7. The smallest absolute Gasteiger partial charge is 0.185 e. The van der Waals surface area contributed by atoms with E-state index in [1.165, 1.54) is 24.7 Å². The number of anilines is 2. The molecule has 0 spiro atoms. The van der Waals surface area contributed by atoms with E-state index in [9.17, 15) is 0 Å². The van der Waals surface area contributed by atoms with Gasteiger partial charge in [0.1, 0.15) is 23.6 Å². The summed E-state index contributed by atoms with van der Waals surface area (Å²) in [6.45, 7) is 8.67. The summed E-state index contributed by atoms with van der Waals surface area (Å²) < 4.78 is 17.4. The number of nitrogens with zero attached hydrogens (tertiary/aromatic N) is 5. The molecule has 1 aliphatic carbocycles. The highest BCUT2D eigenvalue weighted by Gasteiger charge is 2.24. The number of rotatable bonds is 6. The van der Waals surface area contributed by atoms with E-state index < -0.39 is 6.17 Å². The van der Waals surface area contributed by atoms with Crippen LogP contribution in [0.2, 0.25) is 0 Å². The Labute approximate surface area is 216 Å². The van der Waals surface area contributed by atoms with Gasteiger partial charge in [0.25, 0.3) is 0 Å². The van der Waals surface area contributed by atoms with Gasteiger partial charge < -0.3 is 15.5 Å². The fourth-order valence-electron chi connectivity index (χ4n) is 4.75. The van der Waals surface area contributed by atoms with Crippen LogP contribution in [-0.2, 0) is 6.54 Å². The number of imidazole rings is 1. The second-order valence-corrected chi connectivity index (χ2v) is 9.30. The van der Waals surface area contributed by atoms with Crippen LogP contribution < -0.4 is 11.1 Å². The van der Waals surface area contributed by atoms with E-state index in [4.69, 9.17) is 5.73 Å². The Bertz CT molecular complexity index is 1570. The molecule has 8 heteroatoms. The largest absolute Gasteiger partial charge is 0.383 e. The van der Waals surface area contributed by atoms with Crippen molar-refractivity contribution < 1.29 is 4.39 Å². The number of aryl methyl sites for hydroxylation is 2. The molecule has 1 aromatic carbocycles. The van der Waals surface area contributed by atoms with Crippen molar-refractivity contribution in [2.45, 2.75) is 59.2 Å². The van der Waals surface area contributed by atoms with Crippen LogP contribution in [0.5, 0.6) is 0 Å². The highest BCUT2D eigenvalue weighted by atomic mass is 19.1. The van der Waals surface area contributed by atoms with Crippen molar-refractivity contribution in [2.24, 2.45) is 0 Å². The molecular formula is C29H32FN7. The number of fused-ring (bicyclic) bond motifs is 2. The van der Waals surface area contributed by atoms with Crippen LogP contribution in [0.1, 0.15) is 72.4 Å². The second kappa shape index (κ2) is 10.1. The monoisotopic (exact) mass is 497 g/mol. The molecule has 1 saturated carbocycles. The molecule has 6 rings (SSSR count). The summed E-state index contributed by atoms with van der Waals surface area (Å²) in [5.74, 6) is 1.72. The fraction of sp³-hybridized carbons (Fsp3) is 0.310. The van der Waals surface area contributed by atoms with Crippen molar-refractivity contribution >= 4 is 28.1 Å². The maximum atomic E-state index is 15.4. The third-order valence-corrected chi connectivity index (χ3v) is 6.91. The number of pyridine rings is 2. The standard InChI is InChI=1S/C27H26FN7.C2H6/c1-15-9-20-19(7-8-30-27(20)29)16(2)21(15)11-31-24-10-22(32-14-33-24)26(28)23-13-35-12-18(17-3-4-17)5-6-25(35)34-23;1-2/h5-10,12-14,17,26H,3-4,11H2,1-2H3,(H2,29,30)(H,31,32,33);1-2H3. The van der Waals surface area contributed by atoms with E-state index in [0.717, 1.165) is 33.1 Å². The topological polar surface area (TPSA) is 94.0 Å². The first-order valence-corrected chi connectivity index (χ1v) is 12.8. The van der Waals surface area contributed by atoms with Crippen LogP contribution >= 0.6 is 0 Å². The number of hydrogen-bond acceptors (Lipinski definition) is 6. The lowest BCUT2D eigenvalue weighted by atomic mass is 9.96. The highest BCUT2D eigenvalue weighted by Crippen LogP contribution is 2.40. The Kier molecular flexibility index (Phi) is 6.74. The van der Waals surface area contributed by atoms with E-state index in [1.807, 2.05) is 30.4 Å². The molecule has 0 amide bonds. The van der Waals surface area contributed by atoms with E-state index in [2.05, 4.69) is 57.4 Å². The van der Waals surface area contributed by atoms with E-state index in [1.54, 1.807) is 18.5 Å². The van der Waals surface area contributed by atoms with Gasteiger partial charge in [0.05, 0.1) is 11.4 Å². The van der Waals surface area contributed by atoms with Crippen LogP contribution in [0.4, 0.5) is 16.0 Å². The summed E-state index contributed by atoms with van der Waals surface area (Å²) in [6, 6.07) is 9.73. The molecule has 5 aromatic rings. The molecule has 4 aromatic heterocycles. The third kappa shape index (κ3) is 4.83. The fourth-order valence-corrected chi connectivity index (χ4v) is 4.75. The average molecular weight is 498 g/mol. The molecule has 0 aliphatic heterocycles. The highest BCUT2D eigenvalue weighted by molar-refractivity contribution is 5.94. The van der Waals surface area contributed by atoms with Crippen LogP contribution in [0.3, 0.4) is 0 Å². The molecule has 7 nitrogen and oxygen atoms in total. The predicted molar refractivity (Wildman–Crippen MR) is 146 cm³/mol. The summed E-state index contributed by atoms with van der Waals surface area (Å²) >= 11 is 0. The second-order valence-electron chi connectivity index (χ2n) is 9.30. The summed E-state index contributed by atoms with van der Waals surface area (Å²) in [7, 11) is 0. The number of aromatic nitrogens is 5. The first-order valence-electron chi connectivity index (χ1n) is 12.8. The summed E-state index contributed by atoms with van der Waals surface area (Å²) in [5, 5.41) is 5.36. The molecule has 37 heavy (non-hydrogen) atoms. The van der Waals surface area contributed by atoms with Crippen molar-refractivity contribution in [1.29, 1.82) is 0 Å². The molecular weight excluding hydrogens is 465 g/mol. The van der Waals surface area contributed by atoms with E-state index >= 15 is 4.39 Å². The van der Waals surface area contributed by atoms with Crippen LogP contribution in [0, 0.1) is 13.8 Å². The number of nitrogens with one attached hydrogen (secondary N) is 1. The molecule has 1 unspecified atom stereocenters. The minimum Gasteiger partial charge on any atom is -0.383 e. The first kappa shape index (κ1) is 24.6. The summed E-state index contributed by atoms with van der Waals surface area (Å²) in [6.07, 6.45) is 7.92. The van der Waals surface area contributed by atoms with Crippen LogP contribution in [-0.4, -0.2) is 24.3 Å². The van der Waals surface area contributed by atoms with Gasteiger partial charge in [-0.25, -0.2) is 24.3 Å². The molecule has 0 radical (unpaired) electrons. The Morgan fingerprint density at radius 1 is 1.03 bits per heavy atom. The van der Waals surface area contributed by atoms with Gasteiger partial charge in [0.15, 0.2) is 6.17 Å². The SMILES string of the molecule is CC.Cc1cc2c(N)nccc2c(C)c1CNc1cc(C(F)c2cn3cc(C4CC4)ccc3n2)ncn1. The van der Waals surface area contributed by atoms with Crippen molar-refractivity contribution in [3.05, 3.63) is 88.9 Å². The maximum Gasteiger partial charge on any atom is 0.185 e. The molecule has 1 fully saturated rings. The van der Waals surface area contributed by atoms with Gasteiger partial charge in [-0.1, -0.05) is 19.9 Å². The van der Waals surface area contributed by atoms with Crippen LogP contribution in [0.25, 0.3) is 16.4 Å². The zero-order valence-electron chi connectivity index (χ0n) is 21.7. The van der Waals surface area contributed by atoms with Gasteiger partial charge in [-0.3, -0.25) is 0 Å². The normalized spacial score (nSPS) is 13.9. The maximum absolute atomic E-state index is 15.4. The van der Waals surface area contributed by atoms with Gasteiger partial charge in [0, 0.05) is 36.6 Å². The Hall–Kier alpha value is -4.07. The number of alkyl halides is 1. The first-order chi connectivity index (χ1) is 18.0. The third-order valence-electron chi connectivity index (χ3n) is 6.91. The van der Waals surface area contributed by atoms with Gasteiger partial charge in [-0.15, -0.1) is 0 Å². The molecule has 1 aliphatic rings. The number of halogens is 1. The zero-order chi connectivity index (χ0) is 26.1. The van der Waals surface area contributed by atoms with Gasteiger partial charge in [-0.05, 0) is 78.4 Å². The Morgan fingerprint density at radius 2 is 1.84 bits per heavy atom. The molecule has 190 valence electrons. The molecule has 3 N–H and O–H groups in total. The number of nitrogens with two attached hydrogens (primary N) is 1. The average Bonchev–Trinajstić information content (AvgIpc) is 3.68. The van der Waals surface area contributed by atoms with Crippen molar-refractivity contribution in [2.75, 3.05) is 11.1 Å². The van der Waals surface area contributed by atoms with Crippen LogP contribution in [0.15, 0.2) is 55.2 Å². The van der Waals surface area contributed by atoms with E-state index in [0.29, 0.717) is 29.8 Å². The molecule has 1 atom stereocenters. The predicted octanol–water partition coefficient (Wildman–Crippen LogP) is 6.45. The Morgan fingerprint density at radius 3 is 2.62 bits per heavy atom.